The number of likely N-dealkylation sites (tertiary alicyclic amines) is 1. The summed E-state index contributed by atoms with van der Waals surface area (Å²) in [5.74, 6) is 2.11. The normalized spacial score (nSPS) is 20.1. The van der Waals surface area contributed by atoms with E-state index in [4.69, 9.17) is 14.2 Å². The molecule has 0 spiro atoms. The van der Waals surface area contributed by atoms with Crippen LogP contribution in [0.1, 0.15) is 37.7 Å². The monoisotopic (exact) mass is 392 g/mol. The molecule has 0 saturated carbocycles. The molecule has 3 rings (SSSR count). The van der Waals surface area contributed by atoms with E-state index in [0.29, 0.717) is 24.0 Å². The summed E-state index contributed by atoms with van der Waals surface area (Å²) in [5.41, 5.74) is 1.16. The van der Waals surface area contributed by atoms with Crippen LogP contribution < -0.4 is 14.8 Å². The minimum atomic E-state index is -0.488. The maximum Gasteiger partial charge on any atom is 0.161 e. The Bertz CT molecular complexity index is 572. The van der Waals surface area contributed by atoms with Gasteiger partial charge in [0.15, 0.2) is 11.5 Å². The largest absolute Gasteiger partial charge is 0.493 e. The van der Waals surface area contributed by atoms with Gasteiger partial charge in [-0.15, -0.1) is 0 Å². The number of piperidine rings is 1. The van der Waals surface area contributed by atoms with Crippen LogP contribution in [-0.4, -0.2) is 69.2 Å². The van der Waals surface area contributed by atoms with Crippen molar-refractivity contribution < 1.29 is 19.3 Å². The average molecular weight is 393 g/mol. The van der Waals surface area contributed by atoms with E-state index in [2.05, 4.69) is 16.3 Å². The second-order valence-electron chi connectivity index (χ2n) is 8.00. The Morgan fingerprint density at radius 1 is 1.18 bits per heavy atom. The molecule has 1 aromatic rings. The molecule has 2 saturated heterocycles. The van der Waals surface area contributed by atoms with E-state index in [1.165, 1.54) is 19.3 Å². The molecular formula is C22H36N2O4. The topological polar surface area (TPSA) is 63.2 Å². The maximum absolute atomic E-state index is 10.4. The van der Waals surface area contributed by atoms with E-state index < -0.39 is 6.10 Å². The number of ether oxygens (including phenoxy) is 3. The number of aliphatic hydroxyl groups excluding tert-OH is 1. The van der Waals surface area contributed by atoms with Crippen LogP contribution in [0, 0.1) is 5.92 Å². The zero-order valence-corrected chi connectivity index (χ0v) is 17.2. The van der Waals surface area contributed by atoms with Gasteiger partial charge in [0.25, 0.3) is 0 Å². The molecule has 2 fully saturated rings. The second-order valence-corrected chi connectivity index (χ2v) is 8.00. The molecule has 0 radical (unpaired) electrons. The number of methoxy groups -OCH3 is 1. The summed E-state index contributed by atoms with van der Waals surface area (Å²) in [5, 5.41) is 13.9. The second kappa shape index (κ2) is 11.6. The SMILES string of the molecule is COc1ccc(CNCC2CCOCC2)cc1OC[C@H](O)CN1CCCCC1. The minimum Gasteiger partial charge on any atom is -0.493 e. The van der Waals surface area contributed by atoms with Crippen LogP contribution in [0.4, 0.5) is 0 Å². The van der Waals surface area contributed by atoms with Crippen LogP contribution in [-0.2, 0) is 11.3 Å². The van der Waals surface area contributed by atoms with Crippen LogP contribution >= 0.6 is 0 Å². The molecule has 1 atom stereocenters. The third kappa shape index (κ3) is 6.92. The summed E-state index contributed by atoms with van der Waals surface area (Å²) >= 11 is 0. The van der Waals surface area contributed by atoms with Gasteiger partial charge in [-0.05, 0) is 68.9 Å². The molecule has 6 nitrogen and oxygen atoms in total. The van der Waals surface area contributed by atoms with Gasteiger partial charge < -0.3 is 29.5 Å². The van der Waals surface area contributed by atoms with Gasteiger partial charge in [-0.25, -0.2) is 0 Å². The van der Waals surface area contributed by atoms with Gasteiger partial charge in [0.2, 0.25) is 0 Å². The minimum absolute atomic E-state index is 0.284. The van der Waals surface area contributed by atoms with Crippen LogP contribution in [0.5, 0.6) is 11.5 Å². The fourth-order valence-electron chi connectivity index (χ4n) is 3.99. The average Bonchev–Trinajstić information content (AvgIpc) is 2.74. The first-order valence-electron chi connectivity index (χ1n) is 10.7. The van der Waals surface area contributed by atoms with Crippen molar-refractivity contribution in [1.29, 1.82) is 0 Å². The molecule has 0 amide bonds. The number of nitrogens with one attached hydrogen (secondary N) is 1. The molecule has 0 aliphatic carbocycles. The zero-order valence-electron chi connectivity index (χ0n) is 17.2. The van der Waals surface area contributed by atoms with Crippen LogP contribution in [0.25, 0.3) is 0 Å². The van der Waals surface area contributed by atoms with E-state index in [0.717, 1.165) is 57.8 Å². The van der Waals surface area contributed by atoms with Crippen molar-refractivity contribution in [1.82, 2.24) is 10.2 Å². The van der Waals surface area contributed by atoms with E-state index in [1.54, 1.807) is 7.11 Å². The highest BCUT2D eigenvalue weighted by atomic mass is 16.5. The van der Waals surface area contributed by atoms with Crippen LogP contribution in [0.2, 0.25) is 0 Å². The third-order valence-electron chi connectivity index (χ3n) is 5.68. The lowest BCUT2D eigenvalue weighted by Crippen LogP contribution is -2.38. The molecule has 158 valence electrons. The highest BCUT2D eigenvalue weighted by Gasteiger charge is 2.16. The van der Waals surface area contributed by atoms with Crippen molar-refractivity contribution in [2.75, 3.05) is 53.1 Å². The first kappa shape index (κ1) is 21.4. The standard InChI is InChI=1S/C22H36N2O4/c1-26-21-6-5-19(15-23-14-18-7-11-27-12-8-18)13-22(21)28-17-20(25)16-24-9-3-2-4-10-24/h5-6,13,18,20,23,25H,2-4,7-12,14-17H2,1H3/t20-/m1/s1. The lowest BCUT2D eigenvalue weighted by atomic mass is 10.0. The highest BCUT2D eigenvalue weighted by molar-refractivity contribution is 5.43. The summed E-state index contributed by atoms with van der Waals surface area (Å²) in [7, 11) is 1.65. The molecule has 6 heteroatoms. The Morgan fingerprint density at radius 2 is 1.96 bits per heavy atom. The summed E-state index contributed by atoms with van der Waals surface area (Å²) < 4.78 is 16.8. The van der Waals surface area contributed by atoms with Gasteiger partial charge in [-0.1, -0.05) is 12.5 Å². The predicted octanol–water partition coefficient (Wildman–Crippen LogP) is 2.44. The lowest BCUT2D eigenvalue weighted by molar-refractivity contribution is 0.0608. The van der Waals surface area contributed by atoms with Crippen molar-refractivity contribution in [3.05, 3.63) is 23.8 Å². The van der Waals surface area contributed by atoms with Gasteiger partial charge in [-0.2, -0.15) is 0 Å². The van der Waals surface area contributed by atoms with E-state index in [9.17, 15) is 5.11 Å². The number of benzene rings is 1. The number of rotatable bonds is 10. The quantitative estimate of drug-likeness (QED) is 0.638. The molecule has 2 aliphatic heterocycles. The Kier molecular flexibility index (Phi) is 8.86. The molecule has 0 aromatic heterocycles. The zero-order chi connectivity index (χ0) is 19.6. The van der Waals surface area contributed by atoms with Gasteiger partial charge in [-0.3, -0.25) is 0 Å². The summed E-state index contributed by atoms with van der Waals surface area (Å²) in [4.78, 5) is 2.32. The fraction of sp³-hybridized carbons (Fsp3) is 0.727. The number of hydrogen-bond donors (Lipinski definition) is 2. The molecule has 2 heterocycles. The first-order chi connectivity index (χ1) is 13.7. The fourth-order valence-corrected chi connectivity index (χ4v) is 3.99. The molecule has 0 bridgehead atoms. The Morgan fingerprint density at radius 3 is 2.71 bits per heavy atom. The first-order valence-corrected chi connectivity index (χ1v) is 10.7. The van der Waals surface area contributed by atoms with E-state index >= 15 is 0 Å². The van der Waals surface area contributed by atoms with Gasteiger partial charge in [0, 0.05) is 26.3 Å². The number of aliphatic hydroxyl groups is 1. The number of nitrogens with zero attached hydrogens (tertiary/aromatic N) is 1. The summed E-state index contributed by atoms with van der Waals surface area (Å²) in [6, 6.07) is 6.02. The van der Waals surface area contributed by atoms with Crippen molar-refractivity contribution in [2.45, 2.75) is 44.8 Å². The number of hydrogen-bond acceptors (Lipinski definition) is 6. The summed E-state index contributed by atoms with van der Waals surface area (Å²) in [6.45, 7) is 6.69. The molecule has 1 aromatic carbocycles. The Labute approximate surface area is 169 Å². The third-order valence-corrected chi connectivity index (χ3v) is 5.68. The molecular weight excluding hydrogens is 356 g/mol. The maximum atomic E-state index is 10.4. The molecule has 0 unspecified atom stereocenters. The van der Waals surface area contributed by atoms with Crippen molar-refractivity contribution in [3.63, 3.8) is 0 Å². The highest BCUT2D eigenvalue weighted by Crippen LogP contribution is 2.28. The molecule has 28 heavy (non-hydrogen) atoms. The van der Waals surface area contributed by atoms with Crippen molar-refractivity contribution in [3.8, 4) is 11.5 Å². The smallest absolute Gasteiger partial charge is 0.161 e. The van der Waals surface area contributed by atoms with Crippen molar-refractivity contribution >= 4 is 0 Å². The molecule has 2 N–H and O–H groups in total. The van der Waals surface area contributed by atoms with Crippen LogP contribution in [0.15, 0.2) is 18.2 Å². The van der Waals surface area contributed by atoms with Gasteiger partial charge >= 0.3 is 0 Å². The predicted molar refractivity (Wildman–Crippen MR) is 110 cm³/mol. The van der Waals surface area contributed by atoms with Crippen molar-refractivity contribution in [2.24, 2.45) is 5.92 Å². The molecule has 2 aliphatic rings. The Balaban J connectivity index is 1.46. The lowest BCUT2D eigenvalue weighted by Gasteiger charge is -2.28. The van der Waals surface area contributed by atoms with Gasteiger partial charge in [0.1, 0.15) is 12.7 Å². The van der Waals surface area contributed by atoms with Gasteiger partial charge in [0.05, 0.1) is 7.11 Å². The number of β-amino-alcohol motifs (C(OH)–C–C–N with tert-alkyl or cyclic N) is 1. The van der Waals surface area contributed by atoms with Crippen LogP contribution in [0.3, 0.4) is 0 Å². The Hall–Kier alpha value is -1.34. The van der Waals surface area contributed by atoms with E-state index in [1.807, 2.05) is 12.1 Å². The summed E-state index contributed by atoms with van der Waals surface area (Å²) in [6.07, 6.45) is 5.54. The van der Waals surface area contributed by atoms with E-state index in [-0.39, 0.29) is 6.61 Å².